The third-order valence-electron chi connectivity index (χ3n) is 5.69. The molecule has 0 unspecified atom stereocenters. The molecule has 0 aromatic carbocycles. The van der Waals surface area contributed by atoms with Crippen molar-refractivity contribution in [1.29, 1.82) is 0 Å². The molecule has 12 nitrogen and oxygen atoms in total. The maximum atomic E-state index is 13.1. The molecular weight excluding hydrogens is 438 g/mol. The third-order valence-corrected chi connectivity index (χ3v) is 5.69. The van der Waals surface area contributed by atoms with Crippen LogP contribution < -0.4 is 26.2 Å². The fraction of sp³-hybridized carbons (Fsp3) is 0.273. The highest BCUT2D eigenvalue weighted by Gasteiger charge is 2.34. The van der Waals surface area contributed by atoms with E-state index in [1.54, 1.807) is 48.1 Å². The average Bonchev–Trinajstić information content (AvgIpc) is 3.36. The van der Waals surface area contributed by atoms with E-state index in [9.17, 15) is 9.59 Å². The molecule has 5 rings (SSSR count). The van der Waals surface area contributed by atoms with Crippen LogP contribution in [-0.4, -0.2) is 55.5 Å². The van der Waals surface area contributed by atoms with E-state index in [0.717, 1.165) is 6.42 Å². The van der Waals surface area contributed by atoms with E-state index in [1.165, 1.54) is 17.9 Å². The molecule has 1 amide bonds. The molecule has 0 saturated heterocycles. The quantitative estimate of drug-likeness (QED) is 0.374. The number of nitrogens with zero attached hydrogens (tertiary/aromatic N) is 6. The van der Waals surface area contributed by atoms with Gasteiger partial charge in [-0.3, -0.25) is 14.2 Å². The molecule has 4 aromatic heterocycles. The SMILES string of the molecule is CNc1cc(Nc2cccn(-c3ccc(OC)nn3)c2=O)nc2c(C(=O)N[C@@H]3C[C@@H]3C)cnn12. The molecule has 4 heterocycles. The zero-order chi connectivity index (χ0) is 23.8. The normalized spacial score (nSPS) is 16.8. The van der Waals surface area contributed by atoms with Crippen LogP contribution in [0.5, 0.6) is 5.88 Å². The number of amides is 1. The van der Waals surface area contributed by atoms with Gasteiger partial charge in [0.2, 0.25) is 5.88 Å². The van der Waals surface area contributed by atoms with Crippen molar-refractivity contribution in [3.63, 3.8) is 0 Å². The molecule has 1 aliphatic rings. The Labute approximate surface area is 194 Å². The highest BCUT2D eigenvalue weighted by molar-refractivity contribution is 6.00. The Hall–Kier alpha value is -4.48. The maximum absolute atomic E-state index is 13.1. The van der Waals surface area contributed by atoms with Crippen molar-refractivity contribution in [2.24, 2.45) is 5.92 Å². The fourth-order valence-electron chi connectivity index (χ4n) is 3.59. The second kappa shape index (κ2) is 8.46. The third kappa shape index (κ3) is 3.89. The van der Waals surface area contributed by atoms with Crippen LogP contribution in [0.2, 0.25) is 0 Å². The van der Waals surface area contributed by atoms with Crippen molar-refractivity contribution >= 4 is 28.9 Å². The maximum Gasteiger partial charge on any atom is 0.280 e. The van der Waals surface area contributed by atoms with E-state index in [2.05, 4.69) is 43.2 Å². The van der Waals surface area contributed by atoms with Crippen molar-refractivity contribution in [3.05, 3.63) is 58.6 Å². The molecule has 34 heavy (non-hydrogen) atoms. The molecule has 2 atom stereocenters. The number of rotatable bonds is 7. The van der Waals surface area contributed by atoms with Crippen LogP contribution in [-0.2, 0) is 0 Å². The summed E-state index contributed by atoms with van der Waals surface area (Å²) >= 11 is 0. The van der Waals surface area contributed by atoms with Gasteiger partial charge >= 0.3 is 0 Å². The summed E-state index contributed by atoms with van der Waals surface area (Å²) in [5.41, 5.74) is 0.663. The van der Waals surface area contributed by atoms with Crippen LogP contribution in [0.1, 0.15) is 23.7 Å². The fourth-order valence-corrected chi connectivity index (χ4v) is 3.59. The van der Waals surface area contributed by atoms with Gasteiger partial charge in [0.1, 0.15) is 22.9 Å². The standard InChI is InChI=1S/C22H23N9O3/c1-12-9-15(12)26-21(32)13-11-24-31-18(23-2)10-16(27-20(13)31)25-14-5-4-8-30(22(14)33)17-6-7-19(34-3)29-28-17/h4-8,10-12,15,23H,9H2,1-3H3,(H,25,27)(H,26,32)/t12-,15+/m0/s1. The van der Waals surface area contributed by atoms with Crippen LogP contribution in [0.4, 0.5) is 17.3 Å². The number of ether oxygens (including phenoxy) is 1. The minimum Gasteiger partial charge on any atom is -0.480 e. The lowest BCUT2D eigenvalue weighted by Gasteiger charge is -2.11. The number of methoxy groups -OCH3 is 1. The predicted molar refractivity (Wildman–Crippen MR) is 125 cm³/mol. The molecule has 174 valence electrons. The molecule has 1 saturated carbocycles. The summed E-state index contributed by atoms with van der Waals surface area (Å²) in [6.07, 6.45) is 4.05. The van der Waals surface area contributed by atoms with E-state index < -0.39 is 0 Å². The van der Waals surface area contributed by atoms with Crippen molar-refractivity contribution < 1.29 is 9.53 Å². The number of hydrogen-bond donors (Lipinski definition) is 3. The zero-order valence-corrected chi connectivity index (χ0v) is 18.8. The smallest absolute Gasteiger partial charge is 0.280 e. The van der Waals surface area contributed by atoms with Gasteiger partial charge in [-0.2, -0.15) is 9.61 Å². The number of carbonyl (C=O) groups is 1. The van der Waals surface area contributed by atoms with Gasteiger partial charge < -0.3 is 20.7 Å². The van der Waals surface area contributed by atoms with Crippen molar-refractivity contribution in [1.82, 2.24) is 34.7 Å². The molecule has 1 aliphatic carbocycles. The van der Waals surface area contributed by atoms with Gasteiger partial charge in [-0.1, -0.05) is 6.92 Å². The molecule has 1 fully saturated rings. The van der Waals surface area contributed by atoms with E-state index in [4.69, 9.17) is 4.74 Å². The lowest BCUT2D eigenvalue weighted by atomic mass is 10.3. The first kappa shape index (κ1) is 21.4. The molecule has 4 aromatic rings. The van der Waals surface area contributed by atoms with E-state index in [0.29, 0.717) is 40.5 Å². The number of fused-ring (bicyclic) bond motifs is 1. The summed E-state index contributed by atoms with van der Waals surface area (Å²) in [5, 5.41) is 21.4. The molecule has 0 aliphatic heterocycles. The van der Waals surface area contributed by atoms with Gasteiger partial charge in [0.05, 0.1) is 13.3 Å². The average molecular weight is 461 g/mol. The van der Waals surface area contributed by atoms with Crippen LogP contribution in [0.15, 0.2) is 47.5 Å². The Morgan fingerprint density at radius 1 is 1.24 bits per heavy atom. The monoisotopic (exact) mass is 461 g/mol. The molecule has 0 radical (unpaired) electrons. The number of anilines is 3. The molecule has 0 spiro atoms. The number of pyridine rings is 1. The topological polar surface area (TPSA) is 140 Å². The van der Waals surface area contributed by atoms with Crippen LogP contribution >= 0.6 is 0 Å². The predicted octanol–water partition coefficient (Wildman–Crippen LogP) is 1.60. The first-order valence-corrected chi connectivity index (χ1v) is 10.7. The number of carbonyl (C=O) groups excluding carboxylic acids is 1. The second-order valence-electron chi connectivity index (χ2n) is 8.02. The highest BCUT2D eigenvalue weighted by Crippen LogP contribution is 2.29. The first-order chi connectivity index (χ1) is 16.5. The minimum absolute atomic E-state index is 0.177. The van der Waals surface area contributed by atoms with Crippen LogP contribution in [0.25, 0.3) is 11.5 Å². The van der Waals surface area contributed by atoms with Gasteiger partial charge in [-0.15, -0.1) is 10.2 Å². The Bertz CT molecular complexity index is 1430. The Balaban J connectivity index is 1.49. The summed E-state index contributed by atoms with van der Waals surface area (Å²) in [5.74, 6) is 1.92. The van der Waals surface area contributed by atoms with Crippen LogP contribution in [0, 0.1) is 5.92 Å². The summed E-state index contributed by atoms with van der Waals surface area (Å²) in [6, 6.07) is 8.49. The van der Waals surface area contributed by atoms with Crippen molar-refractivity contribution in [2.45, 2.75) is 19.4 Å². The van der Waals surface area contributed by atoms with Gasteiger partial charge in [0, 0.05) is 31.4 Å². The largest absolute Gasteiger partial charge is 0.480 e. The van der Waals surface area contributed by atoms with Crippen molar-refractivity contribution in [3.8, 4) is 11.7 Å². The van der Waals surface area contributed by atoms with E-state index in [1.807, 2.05) is 0 Å². The molecular formula is C22H23N9O3. The number of hydrogen-bond acceptors (Lipinski definition) is 9. The summed E-state index contributed by atoms with van der Waals surface area (Å²) in [6.45, 7) is 2.09. The highest BCUT2D eigenvalue weighted by atomic mass is 16.5. The van der Waals surface area contributed by atoms with Crippen molar-refractivity contribution in [2.75, 3.05) is 24.8 Å². The van der Waals surface area contributed by atoms with Gasteiger partial charge in [0.15, 0.2) is 11.5 Å². The lowest BCUT2D eigenvalue weighted by molar-refractivity contribution is 0.0951. The number of aromatic nitrogens is 6. The second-order valence-corrected chi connectivity index (χ2v) is 8.02. The molecule has 12 heteroatoms. The Morgan fingerprint density at radius 3 is 2.74 bits per heavy atom. The van der Waals surface area contributed by atoms with Gasteiger partial charge in [0.25, 0.3) is 11.5 Å². The Morgan fingerprint density at radius 2 is 2.06 bits per heavy atom. The zero-order valence-electron chi connectivity index (χ0n) is 18.8. The summed E-state index contributed by atoms with van der Waals surface area (Å²) in [7, 11) is 3.23. The first-order valence-electron chi connectivity index (χ1n) is 10.7. The number of nitrogens with one attached hydrogen (secondary N) is 3. The minimum atomic E-state index is -0.344. The van der Waals surface area contributed by atoms with E-state index >= 15 is 0 Å². The summed E-state index contributed by atoms with van der Waals surface area (Å²) < 4.78 is 7.93. The van der Waals surface area contributed by atoms with Gasteiger partial charge in [-0.05, 0) is 30.5 Å². The molecule has 0 bridgehead atoms. The van der Waals surface area contributed by atoms with E-state index in [-0.39, 0.29) is 23.2 Å². The summed E-state index contributed by atoms with van der Waals surface area (Å²) in [4.78, 5) is 30.4. The Kier molecular flexibility index (Phi) is 5.32. The molecule has 3 N–H and O–H groups in total. The lowest BCUT2D eigenvalue weighted by Crippen LogP contribution is -2.26. The van der Waals surface area contributed by atoms with Gasteiger partial charge in [-0.25, -0.2) is 4.98 Å². The van der Waals surface area contributed by atoms with Crippen LogP contribution in [0.3, 0.4) is 0 Å².